The highest BCUT2D eigenvalue weighted by atomic mass is 16.4. The van der Waals surface area contributed by atoms with Crippen molar-refractivity contribution in [2.24, 2.45) is 7.05 Å². The van der Waals surface area contributed by atoms with E-state index in [9.17, 15) is 9.59 Å². The lowest BCUT2D eigenvalue weighted by atomic mass is 9.85. The van der Waals surface area contributed by atoms with Crippen molar-refractivity contribution in [3.05, 3.63) is 63.6 Å². The van der Waals surface area contributed by atoms with E-state index in [-0.39, 0.29) is 17.0 Å². The van der Waals surface area contributed by atoms with Gasteiger partial charge in [0.05, 0.1) is 12.1 Å². The third-order valence-electron chi connectivity index (χ3n) is 5.85. The number of aryl methyl sites for hydroxylation is 1. The highest BCUT2D eigenvalue weighted by Gasteiger charge is 2.31. The fourth-order valence-corrected chi connectivity index (χ4v) is 3.97. The molecule has 0 N–H and O–H groups in total. The molecule has 1 aromatic carbocycles. The van der Waals surface area contributed by atoms with Crippen LogP contribution >= 0.6 is 0 Å². The third kappa shape index (κ3) is 2.59. The van der Waals surface area contributed by atoms with Gasteiger partial charge in [-0.3, -0.25) is 9.59 Å². The van der Waals surface area contributed by atoms with Crippen LogP contribution in [0.3, 0.4) is 0 Å². The van der Waals surface area contributed by atoms with Gasteiger partial charge in [-0.05, 0) is 30.4 Å². The van der Waals surface area contributed by atoms with Crippen molar-refractivity contribution in [3.8, 4) is 0 Å². The number of aromatic nitrogens is 2. The van der Waals surface area contributed by atoms with Crippen LogP contribution < -0.4 is 5.56 Å². The van der Waals surface area contributed by atoms with Gasteiger partial charge in [0.15, 0.2) is 5.89 Å². The lowest BCUT2D eigenvalue weighted by molar-refractivity contribution is 0.0725. The summed E-state index contributed by atoms with van der Waals surface area (Å²) in [7, 11) is 1.71. The summed E-state index contributed by atoms with van der Waals surface area (Å²) in [5.41, 5.74) is 1.61. The number of oxazole rings is 1. The Labute approximate surface area is 156 Å². The maximum absolute atomic E-state index is 13.1. The van der Waals surface area contributed by atoms with Crippen LogP contribution in [-0.2, 0) is 20.0 Å². The summed E-state index contributed by atoms with van der Waals surface area (Å²) in [5.74, 6) is 1.92. The fraction of sp³-hybridized carbons (Fsp3) is 0.381. The van der Waals surface area contributed by atoms with Crippen LogP contribution in [0.4, 0.5) is 0 Å². The number of rotatable bonds is 2. The molecule has 3 heterocycles. The average molecular weight is 363 g/mol. The second-order valence-electron chi connectivity index (χ2n) is 7.51. The fourth-order valence-electron chi connectivity index (χ4n) is 3.97. The van der Waals surface area contributed by atoms with Crippen molar-refractivity contribution in [1.82, 2.24) is 14.5 Å². The van der Waals surface area contributed by atoms with Crippen molar-refractivity contribution in [3.63, 3.8) is 0 Å². The summed E-state index contributed by atoms with van der Waals surface area (Å²) in [6.45, 7) is 0.946. The van der Waals surface area contributed by atoms with Gasteiger partial charge in [-0.1, -0.05) is 24.6 Å². The largest absolute Gasteiger partial charge is 0.445 e. The molecule has 0 bridgehead atoms. The molecule has 2 aliphatic rings. The monoisotopic (exact) mass is 363 g/mol. The second-order valence-corrected chi connectivity index (χ2v) is 7.51. The lowest BCUT2D eigenvalue weighted by Crippen LogP contribution is -2.39. The second kappa shape index (κ2) is 6.08. The van der Waals surface area contributed by atoms with Crippen molar-refractivity contribution in [2.45, 2.75) is 38.1 Å². The first-order chi connectivity index (χ1) is 13.1. The van der Waals surface area contributed by atoms with Gasteiger partial charge in [0.25, 0.3) is 11.5 Å². The van der Waals surface area contributed by atoms with Crippen molar-refractivity contribution in [1.29, 1.82) is 0 Å². The zero-order chi connectivity index (χ0) is 18.5. The van der Waals surface area contributed by atoms with Gasteiger partial charge in [-0.2, -0.15) is 0 Å². The zero-order valence-electron chi connectivity index (χ0n) is 15.3. The molecule has 3 aromatic rings. The molecule has 0 saturated heterocycles. The van der Waals surface area contributed by atoms with Crippen LogP contribution in [0.1, 0.15) is 52.9 Å². The van der Waals surface area contributed by atoms with E-state index < -0.39 is 0 Å². The van der Waals surface area contributed by atoms with Gasteiger partial charge in [0.2, 0.25) is 0 Å². The maximum Gasteiger partial charge on any atom is 0.263 e. The standard InChI is InChI=1S/C21H21N3O3/c1-23-17-8-3-2-5-14(17)11-15(20(23)25)21(26)24-10-9-18-16(12-24)22-19(27-18)13-6-4-7-13/h2-3,5,8,11,13H,4,6-7,9-10,12H2,1H3. The Morgan fingerprint density at radius 3 is 2.85 bits per heavy atom. The molecule has 1 fully saturated rings. The van der Waals surface area contributed by atoms with E-state index in [1.165, 1.54) is 6.42 Å². The molecule has 1 amide bonds. The van der Waals surface area contributed by atoms with E-state index in [0.29, 0.717) is 25.4 Å². The number of carbonyl (C=O) groups excluding carboxylic acids is 1. The SMILES string of the molecule is Cn1c(=O)c(C(=O)N2CCc3oc(C4CCC4)nc3C2)cc2ccccc21. The average Bonchev–Trinajstić information content (AvgIpc) is 3.05. The Morgan fingerprint density at radius 2 is 2.07 bits per heavy atom. The van der Waals surface area contributed by atoms with Gasteiger partial charge in [-0.15, -0.1) is 0 Å². The van der Waals surface area contributed by atoms with E-state index >= 15 is 0 Å². The zero-order valence-corrected chi connectivity index (χ0v) is 15.3. The number of pyridine rings is 1. The molecule has 2 aromatic heterocycles. The highest BCUT2D eigenvalue weighted by molar-refractivity contribution is 5.97. The minimum atomic E-state index is -0.264. The Balaban J connectivity index is 1.46. The summed E-state index contributed by atoms with van der Waals surface area (Å²) < 4.78 is 7.47. The molecular weight excluding hydrogens is 342 g/mol. The van der Waals surface area contributed by atoms with Gasteiger partial charge >= 0.3 is 0 Å². The number of hydrogen-bond donors (Lipinski definition) is 0. The first-order valence-electron chi connectivity index (χ1n) is 9.48. The summed E-state index contributed by atoms with van der Waals surface area (Å²) >= 11 is 0. The topological polar surface area (TPSA) is 68.3 Å². The Bertz CT molecular complexity index is 1110. The van der Waals surface area contributed by atoms with Crippen LogP contribution in [0, 0.1) is 0 Å². The molecule has 6 nitrogen and oxygen atoms in total. The van der Waals surface area contributed by atoms with Crippen LogP contribution in [0.2, 0.25) is 0 Å². The molecule has 1 aliphatic carbocycles. The summed E-state index contributed by atoms with van der Waals surface area (Å²) in [5, 5.41) is 0.884. The molecule has 27 heavy (non-hydrogen) atoms. The predicted molar refractivity (Wildman–Crippen MR) is 101 cm³/mol. The minimum absolute atomic E-state index is 0.211. The molecule has 0 radical (unpaired) electrons. The molecule has 1 aliphatic heterocycles. The number of fused-ring (bicyclic) bond motifs is 2. The summed E-state index contributed by atoms with van der Waals surface area (Å²) in [4.78, 5) is 32.2. The van der Waals surface area contributed by atoms with Crippen LogP contribution in [-0.4, -0.2) is 26.9 Å². The first kappa shape index (κ1) is 16.3. The van der Waals surface area contributed by atoms with Crippen LogP contribution in [0.25, 0.3) is 10.9 Å². The molecule has 0 atom stereocenters. The quantitative estimate of drug-likeness (QED) is 0.702. The summed E-state index contributed by atoms with van der Waals surface area (Å²) in [6.07, 6.45) is 4.15. The minimum Gasteiger partial charge on any atom is -0.445 e. The number of nitrogens with zero attached hydrogens (tertiary/aromatic N) is 3. The van der Waals surface area contributed by atoms with Gasteiger partial charge in [-0.25, -0.2) is 4.98 Å². The van der Waals surface area contributed by atoms with Crippen molar-refractivity contribution < 1.29 is 9.21 Å². The van der Waals surface area contributed by atoms with E-state index in [1.807, 2.05) is 24.3 Å². The predicted octanol–water partition coefficient (Wildman–Crippen LogP) is 2.99. The first-order valence-corrected chi connectivity index (χ1v) is 9.48. The molecule has 0 unspecified atom stereocenters. The van der Waals surface area contributed by atoms with E-state index in [0.717, 1.165) is 41.1 Å². The van der Waals surface area contributed by atoms with E-state index in [4.69, 9.17) is 4.42 Å². The number of amides is 1. The number of carbonyl (C=O) groups is 1. The Hall–Kier alpha value is -2.89. The normalized spacial score (nSPS) is 17.0. The van der Waals surface area contributed by atoms with Gasteiger partial charge < -0.3 is 13.9 Å². The maximum atomic E-state index is 13.1. The molecular formula is C21H21N3O3. The third-order valence-corrected chi connectivity index (χ3v) is 5.85. The van der Waals surface area contributed by atoms with Gasteiger partial charge in [0, 0.05) is 25.9 Å². The van der Waals surface area contributed by atoms with E-state index in [2.05, 4.69) is 4.98 Å². The smallest absolute Gasteiger partial charge is 0.263 e. The Kier molecular flexibility index (Phi) is 3.67. The number of para-hydroxylation sites is 1. The Morgan fingerprint density at radius 1 is 1.26 bits per heavy atom. The van der Waals surface area contributed by atoms with Crippen molar-refractivity contribution in [2.75, 3.05) is 6.54 Å². The number of hydrogen-bond acceptors (Lipinski definition) is 4. The highest BCUT2D eigenvalue weighted by Crippen LogP contribution is 2.37. The molecule has 0 spiro atoms. The van der Waals surface area contributed by atoms with Crippen molar-refractivity contribution >= 4 is 16.8 Å². The molecule has 5 rings (SSSR count). The molecule has 138 valence electrons. The number of benzene rings is 1. The molecule has 6 heteroatoms. The van der Waals surface area contributed by atoms with Gasteiger partial charge in [0.1, 0.15) is 17.0 Å². The van der Waals surface area contributed by atoms with E-state index in [1.54, 1.807) is 22.6 Å². The van der Waals surface area contributed by atoms with Crippen LogP contribution in [0.5, 0.6) is 0 Å². The summed E-state index contributed by atoms with van der Waals surface area (Å²) in [6, 6.07) is 9.31. The molecule has 1 saturated carbocycles. The van der Waals surface area contributed by atoms with Crippen LogP contribution in [0.15, 0.2) is 39.5 Å². The lowest BCUT2D eigenvalue weighted by Gasteiger charge is -2.25.